The summed E-state index contributed by atoms with van der Waals surface area (Å²) < 4.78 is 0. The summed E-state index contributed by atoms with van der Waals surface area (Å²) in [6, 6.07) is 6.57. The van der Waals surface area contributed by atoms with Gasteiger partial charge in [0.05, 0.1) is 0 Å². The quantitative estimate of drug-likeness (QED) is 0.722. The first-order chi connectivity index (χ1) is 10.5. The Balaban J connectivity index is 2.23. The highest BCUT2D eigenvalue weighted by atomic mass is 16.4. The number of piperidine rings is 1. The molecule has 1 fully saturated rings. The van der Waals surface area contributed by atoms with Crippen LogP contribution in [-0.4, -0.2) is 29.4 Å². The molecule has 0 aliphatic carbocycles. The number of carboxylic acids is 1. The molecule has 0 aromatic heterocycles. The fourth-order valence-electron chi connectivity index (χ4n) is 2.45. The Morgan fingerprint density at radius 3 is 2.50 bits per heavy atom. The molecule has 6 heteroatoms. The maximum absolute atomic E-state index is 11.7. The van der Waals surface area contributed by atoms with E-state index in [0.717, 1.165) is 0 Å². The van der Waals surface area contributed by atoms with Gasteiger partial charge in [-0.3, -0.25) is 14.4 Å². The molecule has 114 valence electrons. The molecule has 0 saturated carbocycles. The van der Waals surface area contributed by atoms with Gasteiger partial charge >= 0.3 is 5.97 Å². The molecular weight excluding hydrogens is 284 g/mol. The SMILES string of the molecule is CC#CC(=O)Nc1ccc(C2(C(=O)O)CCC(=O)NC2)cc1. The van der Waals surface area contributed by atoms with Crippen molar-refractivity contribution in [3.05, 3.63) is 29.8 Å². The molecule has 0 bridgehead atoms. The molecule has 0 spiro atoms. The van der Waals surface area contributed by atoms with Crippen molar-refractivity contribution < 1.29 is 19.5 Å². The van der Waals surface area contributed by atoms with Crippen LogP contribution in [0.2, 0.25) is 0 Å². The second-order valence-corrected chi connectivity index (χ2v) is 5.07. The zero-order valence-corrected chi connectivity index (χ0v) is 12.1. The van der Waals surface area contributed by atoms with E-state index in [1.54, 1.807) is 31.2 Å². The van der Waals surface area contributed by atoms with Crippen molar-refractivity contribution in [3.8, 4) is 11.8 Å². The second kappa shape index (κ2) is 6.31. The minimum atomic E-state index is -1.13. The van der Waals surface area contributed by atoms with E-state index in [1.165, 1.54) is 0 Å². The van der Waals surface area contributed by atoms with E-state index in [9.17, 15) is 19.5 Å². The standard InChI is InChI=1S/C16H16N2O4/c1-2-3-14(20)18-12-6-4-11(5-7-12)16(15(21)22)9-8-13(19)17-10-16/h4-7H,8-10H2,1H3,(H,17,19)(H,18,20)(H,21,22). The summed E-state index contributed by atoms with van der Waals surface area (Å²) in [5.74, 6) is 3.32. The van der Waals surface area contributed by atoms with Crippen LogP contribution in [0.15, 0.2) is 24.3 Å². The van der Waals surface area contributed by atoms with Crippen LogP contribution in [0.4, 0.5) is 5.69 Å². The van der Waals surface area contributed by atoms with E-state index in [0.29, 0.717) is 11.3 Å². The van der Waals surface area contributed by atoms with Gasteiger partial charge in [0.1, 0.15) is 5.41 Å². The van der Waals surface area contributed by atoms with Crippen LogP contribution in [0.25, 0.3) is 0 Å². The van der Waals surface area contributed by atoms with Crippen LogP contribution >= 0.6 is 0 Å². The van der Waals surface area contributed by atoms with Crippen LogP contribution in [0.5, 0.6) is 0 Å². The molecule has 3 N–H and O–H groups in total. The molecule has 1 aliphatic rings. The van der Waals surface area contributed by atoms with Crippen LogP contribution < -0.4 is 10.6 Å². The van der Waals surface area contributed by atoms with Gasteiger partial charge in [0.15, 0.2) is 0 Å². The maximum atomic E-state index is 11.7. The van der Waals surface area contributed by atoms with Crippen LogP contribution in [0, 0.1) is 11.8 Å². The minimum Gasteiger partial charge on any atom is -0.481 e. The van der Waals surface area contributed by atoms with Gasteiger partial charge in [-0.1, -0.05) is 18.1 Å². The Hall–Kier alpha value is -2.81. The number of hydrogen-bond donors (Lipinski definition) is 3. The molecule has 22 heavy (non-hydrogen) atoms. The largest absolute Gasteiger partial charge is 0.481 e. The van der Waals surface area contributed by atoms with Crippen molar-refractivity contribution in [1.29, 1.82) is 0 Å². The van der Waals surface area contributed by atoms with Gasteiger partial charge in [0.2, 0.25) is 5.91 Å². The smallest absolute Gasteiger partial charge is 0.315 e. The van der Waals surface area contributed by atoms with Gasteiger partial charge in [-0.15, -0.1) is 0 Å². The molecule has 2 amide bonds. The number of benzene rings is 1. The van der Waals surface area contributed by atoms with E-state index >= 15 is 0 Å². The number of hydrogen-bond acceptors (Lipinski definition) is 3. The summed E-state index contributed by atoms with van der Waals surface area (Å²) in [5.41, 5.74) is 0.0103. The number of amides is 2. The van der Waals surface area contributed by atoms with Gasteiger partial charge in [0.25, 0.3) is 5.91 Å². The number of nitrogens with one attached hydrogen (secondary N) is 2. The fourth-order valence-corrected chi connectivity index (χ4v) is 2.45. The number of carbonyl (C=O) groups excluding carboxylic acids is 2. The van der Waals surface area contributed by atoms with E-state index in [2.05, 4.69) is 22.5 Å². The molecule has 0 radical (unpaired) electrons. The first-order valence-electron chi connectivity index (χ1n) is 6.82. The molecular formula is C16H16N2O4. The normalized spacial score (nSPS) is 20.3. The van der Waals surface area contributed by atoms with Crippen molar-refractivity contribution in [2.24, 2.45) is 0 Å². The summed E-state index contributed by atoms with van der Waals surface area (Å²) in [6.07, 6.45) is 0.429. The lowest BCUT2D eigenvalue weighted by molar-refractivity contribution is -0.145. The van der Waals surface area contributed by atoms with E-state index < -0.39 is 17.3 Å². The van der Waals surface area contributed by atoms with Gasteiger partial charge in [-0.2, -0.15) is 0 Å². The van der Waals surface area contributed by atoms with Gasteiger partial charge < -0.3 is 15.7 Å². The van der Waals surface area contributed by atoms with Crippen molar-refractivity contribution in [3.63, 3.8) is 0 Å². The number of rotatable bonds is 3. The number of anilines is 1. The zero-order chi connectivity index (χ0) is 16.2. The molecule has 1 heterocycles. The van der Waals surface area contributed by atoms with E-state index in [1.807, 2.05) is 0 Å². The Kier molecular flexibility index (Phi) is 4.47. The Bertz CT molecular complexity index is 658. The molecule has 6 nitrogen and oxygen atoms in total. The molecule has 1 unspecified atom stereocenters. The number of aliphatic carboxylic acids is 1. The van der Waals surface area contributed by atoms with Crippen LogP contribution in [0.1, 0.15) is 25.3 Å². The summed E-state index contributed by atoms with van der Waals surface area (Å²) in [4.78, 5) is 34.3. The lowest BCUT2D eigenvalue weighted by atomic mass is 9.74. The zero-order valence-electron chi connectivity index (χ0n) is 12.1. The van der Waals surface area contributed by atoms with Gasteiger partial charge in [-0.05, 0) is 37.0 Å². The summed E-state index contributed by atoms with van der Waals surface area (Å²) in [7, 11) is 0. The Morgan fingerprint density at radius 1 is 1.32 bits per heavy atom. The van der Waals surface area contributed by atoms with E-state index in [-0.39, 0.29) is 25.3 Å². The average Bonchev–Trinajstić information content (AvgIpc) is 2.49. The summed E-state index contributed by atoms with van der Waals surface area (Å²) in [5, 5.41) is 14.8. The molecule has 1 aromatic rings. The summed E-state index contributed by atoms with van der Waals surface area (Å²) in [6.45, 7) is 1.63. The highest BCUT2D eigenvalue weighted by Gasteiger charge is 2.43. The molecule has 2 rings (SSSR count). The first kappa shape index (κ1) is 15.6. The monoisotopic (exact) mass is 300 g/mol. The third-order valence-electron chi connectivity index (χ3n) is 3.71. The third kappa shape index (κ3) is 3.09. The highest BCUT2D eigenvalue weighted by Crippen LogP contribution is 2.32. The predicted octanol–water partition coefficient (Wildman–Crippen LogP) is 0.881. The van der Waals surface area contributed by atoms with Crippen LogP contribution in [-0.2, 0) is 19.8 Å². The van der Waals surface area contributed by atoms with Crippen molar-refractivity contribution in [2.45, 2.75) is 25.2 Å². The molecule has 1 aliphatic heterocycles. The average molecular weight is 300 g/mol. The lowest BCUT2D eigenvalue weighted by Gasteiger charge is -2.33. The van der Waals surface area contributed by atoms with Gasteiger partial charge in [-0.25, -0.2) is 0 Å². The minimum absolute atomic E-state index is 0.0637. The maximum Gasteiger partial charge on any atom is 0.315 e. The van der Waals surface area contributed by atoms with Crippen molar-refractivity contribution in [2.75, 3.05) is 11.9 Å². The van der Waals surface area contributed by atoms with Crippen LogP contribution in [0.3, 0.4) is 0 Å². The highest BCUT2D eigenvalue weighted by molar-refractivity contribution is 6.03. The first-order valence-corrected chi connectivity index (χ1v) is 6.82. The van der Waals surface area contributed by atoms with E-state index in [4.69, 9.17) is 0 Å². The summed E-state index contributed by atoms with van der Waals surface area (Å²) >= 11 is 0. The lowest BCUT2D eigenvalue weighted by Crippen LogP contribution is -2.51. The third-order valence-corrected chi connectivity index (χ3v) is 3.71. The molecule has 1 atom stereocenters. The van der Waals surface area contributed by atoms with Crippen molar-refractivity contribution >= 4 is 23.5 Å². The Labute approximate surface area is 127 Å². The molecule has 1 aromatic carbocycles. The topological polar surface area (TPSA) is 95.5 Å². The number of carboxylic acid groups (broad SMARTS) is 1. The number of carbonyl (C=O) groups is 3. The second-order valence-electron chi connectivity index (χ2n) is 5.07. The Morgan fingerprint density at radius 2 is 2.00 bits per heavy atom. The fraction of sp³-hybridized carbons (Fsp3) is 0.312. The predicted molar refractivity (Wildman–Crippen MR) is 80.1 cm³/mol. The molecule has 1 saturated heterocycles. The van der Waals surface area contributed by atoms with Crippen molar-refractivity contribution in [1.82, 2.24) is 5.32 Å². The van der Waals surface area contributed by atoms with Gasteiger partial charge in [0, 0.05) is 18.7 Å².